The molecule has 25 heavy (non-hydrogen) atoms. The van der Waals surface area contributed by atoms with E-state index in [4.69, 9.17) is 9.47 Å². The van der Waals surface area contributed by atoms with Crippen LogP contribution in [0, 0.1) is 6.92 Å². The number of aryl methyl sites for hydroxylation is 1. The summed E-state index contributed by atoms with van der Waals surface area (Å²) in [5.41, 5.74) is 1.98. The lowest BCUT2D eigenvalue weighted by Gasteiger charge is -2.12. The fraction of sp³-hybridized carbons (Fsp3) is 0.222. The number of halogens is 1. The van der Waals surface area contributed by atoms with Crippen molar-refractivity contribution in [3.63, 3.8) is 0 Å². The zero-order valence-corrected chi connectivity index (χ0v) is 15.7. The van der Waals surface area contributed by atoms with Gasteiger partial charge in [0.05, 0.1) is 19.8 Å². The molecule has 0 aliphatic rings. The zero-order chi connectivity index (χ0) is 18.4. The molecule has 132 valence electrons. The first kappa shape index (κ1) is 18.8. The molecular weight excluding hydrogens is 390 g/mol. The highest BCUT2D eigenvalue weighted by molar-refractivity contribution is 9.10. The number of benzene rings is 2. The molecule has 0 atom stereocenters. The van der Waals surface area contributed by atoms with Crippen molar-refractivity contribution in [2.45, 2.75) is 6.92 Å². The van der Waals surface area contributed by atoms with Gasteiger partial charge in [0.2, 0.25) is 0 Å². The van der Waals surface area contributed by atoms with Crippen molar-refractivity contribution in [2.75, 3.05) is 26.1 Å². The molecular formula is C18H18BrNO5. The Morgan fingerprint density at radius 2 is 1.84 bits per heavy atom. The Morgan fingerprint density at radius 3 is 2.48 bits per heavy atom. The molecule has 6 nitrogen and oxygen atoms in total. The Balaban J connectivity index is 2.02. The third kappa shape index (κ3) is 4.96. The molecule has 0 unspecified atom stereocenters. The summed E-state index contributed by atoms with van der Waals surface area (Å²) in [5.74, 6) is -0.0776. The van der Waals surface area contributed by atoms with Crippen molar-refractivity contribution in [1.82, 2.24) is 0 Å². The van der Waals surface area contributed by atoms with Gasteiger partial charge in [0.15, 0.2) is 18.1 Å². The highest BCUT2D eigenvalue weighted by atomic mass is 79.9. The van der Waals surface area contributed by atoms with Crippen molar-refractivity contribution in [3.05, 3.63) is 52.0 Å². The minimum Gasteiger partial charge on any atom is -0.493 e. The zero-order valence-electron chi connectivity index (χ0n) is 14.1. The van der Waals surface area contributed by atoms with Crippen LogP contribution in [0.4, 0.5) is 5.69 Å². The summed E-state index contributed by atoms with van der Waals surface area (Å²) >= 11 is 3.38. The molecule has 0 saturated carbocycles. The number of esters is 1. The number of hydrogen-bond acceptors (Lipinski definition) is 5. The first-order valence-corrected chi connectivity index (χ1v) is 8.19. The second-order valence-electron chi connectivity index (χ2n) is 5.15. The van der Waals surface area contributed by atoms with Gasteiger partial charge in [-0.25, -0.2) is 4.79 Å². The summed E-state index contributed by atoms with van der Waals surface area (Å²) in [4.78, 5) is 23.6. The van der Waals surface area contributed by atoms with Gasteiger partial charge in [0.1, 0.15) is 0 Å². The van der Waals surface area contributed by atoms with E-state index in [1.165, 1.54) is 20.3 Å². The number of ether oxygens (including phenoxy) is 3. The predicted molar refractivity (Wildman–Crippen MR) is 97.3 cm³/mol. The fourth-order valence-electron chi connectivity index (χ4n) is 2.13. The minimum atomic E-state index is -0.478. The molecule has 1 amide bonds. The number of anilines is 1. The van der Waals surface area contributed by atoms with Gasteiger partial charge in [-0.15, -0.1) is 0 Å². The van der Waals surface area contributed by atoms with Gasteiger partial charge in [-0.2, -0.15) is 0 Å². The van der Waals surface area contributed by atoms with Crippen molar-refractivity contribution < 1.29 is 23.8 Å². The van der Waals surface area contributed by atoms with Gasteiger partial charge in [0, 0.05) is 10.2 Å². The number of hydrogen-bond donors (Lipinski definition) is 1. The first-order chi connectivity index (χ1) is 11.9. The Labute approximate surface area is 154 Å². The molecule has 2 aromatic carbocycles. The van der Waals surface area contributed by atoms with Crippen molar-refractivity contribution in [2.24, 2.45) is 0 Å². The lowest BCUT2D eigenvalue weighted by atomic mass is 10.2. The van der Waals surface area contributed by atoms with Gasteiger partial charge in [0.25, 0.3) is 5.91 Å². The highest BCUT2D eigenvalue weighted by Crippen LogP contribution is 2.28. The van der Waals surface area contributed by atoms with E-state index in [1.807, 2.05) is 25.1 Å². The van der Waals surface area contributed by atoms with Crippen molar-refractivity contribution in [1.29, 1.82) is 0 Å². The molecule has 0 radical (unpaired) electrons. The maximum Gasteiger partial charge on any atom is 0.337 e. The second kappa shape index (κ2) is 8.53. The van der Waals surface area contributed by atoms with E-state index in [0.29, 0.717) is 22.7 Å². The summed E-state index contributed by atoms with van der Waals surface area (Å²) < 4.78 is 16.3. The quantitative estimate of drug-likeness (QED) is 0.740. The average molecular weight is 408 g/mol. The van der Waals surface area contributed by atoms with Crippen LogP contribution >= 0.6 is 15.9 Å². The summed E-state index contributed by atoms with van der Waals surface area (Å²) in [6.07, 6.45) is 0. The maximum absolute atomic E-state index is 12.1. The standard InChI is InChI=1S/C18H18BrNO5/c1-11-8-13(19)5-6-14(11)20-17(21)10-25-15-7-4-12(18(22)24-3)9-16(15)23-2/h4-9H,10H2,1-3H3,(H,20,21). The molecule has 0 bridgehead atoms. The summed E-state index contributed by atoms with van der Waals surface area (Å²) in [6, 6.07) is 10.2. The number of methoxy groups -OCH3 is 2. The van der Waals surface area contributed by atoms with Crippen molar-refractivity contribution >= 4 is 33.5 Å². The number of nitrogens with one attached hydrogen (secondary N) is 1. The van der Waals surface area contributed by atoms with Gasteiger partial charge in [-0.1, -0.05) is 15.9 Å². The topological polar surface area (TPSA) is 73.9 Å². The summed E-state index contributed by atoms with van der Waals surface area (Å²) in [6.45, 7) is 1.71. The first-order valence-electron chi connectivity index (χ1n) is 7.39. The van der Waals surface area contributed by atoms with Crippen LogP contribution in [0.5, 0.6) is 11.5 Å². The lowest BCUT2D eigenvalue weighted by Crippen LogP contribution is -2.20. The van der Waals surface area contributed by atoms with Crippen LogP contribution in [0.3, 0.4) is 0 Å². The molecule has 0 heterocycles. The van der Waals surface area contributed by atoms with E-state index < -0.39 is 5.97 Å². The van der Waals surface area contributed by atoms with Crippen LogP contribution in [-0.2, 0) is 9.53 Å². The molecule has 1 N–H and O–H groups in total. The second-order valence-corrected chi connectivity index (χ2v) is 6.07. The molecule has 2 aromatic rings. The molecule has 7 heteroatoms. The van der Waals surface area contributed by atoms with E-state index in [-0.39, 0.29) is 12.5 Å². The molecule has 2 rings (SSSR count). The van der Waals surface area contributed by atoms with E-state index in [9.17, 15) is 9.59 Å². The summed E-state index contributed by atoms with van der Waals surface area (Å²) in [7, 11) is 2.75. The van der Waals surface area contributed by atoms with Gasteiger partial charge >= 0.3 is 5.97 Å². The van der Waals surface area contributed by atoms with Crippen LogP contribution in [0.2, 0.25) is 0 Å². The highest BCUT2D eigenvalue weighted by Gasteiger charge is 2.13. The number of amides is 1. The molecule has 0 aliphatic heterocycles. The fourth-order valence-corrected chi connectivity index (χ4v) is 2.60. The van der Waals surface area contributed by atoms with Gasteiger partial charge in [-0.05, 0) is 48.9 Å². The third-order valence-corrected chi connectivity index (χ3v) is 3.90. The van der Waals surface area contributed by atoms with E-state index in [2.05, 4.69) is 26.0 Å². The minimum absolute atomic E-state index is 0.191. The van der Waals surface area contributed by atoms with Crippen LogP contribution < -0.4 is 14.8 Å². The molecule has 0 spiro atoms. The lowest BCUT2D eigenvalue weighted by molar-refractivity contribution is -0.118. The van der Waals surface area contributed by atoms with Gasteiger partial charge in [-0.3, -0.25) is 4.79 Å². The van der Waals surface area contributed by atoms with E-state index in [1.54, 1.807) is 12.1 Å². The molecule has 0 saturated heterocycles. The Bertz CT molecular complexity index is 791. The number of rotatable bonds is 6. The predicted octanol–water partition coefficient (Wildman–Crippen LogP) is 3.57. The molecule has 0 aliphatic carbocycles. The van der Waals surface area contributed by atoms with Crippen molar-refractivity contribution in [3.8, 4) is 11.5 Å². The van der Waals surface area contributed by atoms with Crippen LogP contribution in [0.15, 0.2) is 40.9 Å². The Morgan fingerprint density at radius 1 is 1.08 bits per heavy atom. The van der Waals surface area contributed by atoms with E-state index >= 15 is 0 Å². The molecule has 0 fully saturated rings. The average Bonchev–Trinajstić information content (AvgIpc) is 2.61. The van der Waals surface area contributed by atoms with Crippen LogP contribution in [-0.4, -0.2) is 32.7 Å². The smallest absolute Gasteiger partial charge is 0.337 e. The largest absolute Gasteiger partial charge is 0.493 e. The third-order valence-electron chi connectivity index (χ3n) is 3.41. The maximum atomic E-state index is 12.1. The molecule has 0 aromatic heterocycles. The summed E-state index contributed by atoms with van der Waals surface area (Å²) in [5, 5.41) is 2.78. The van der Waals surface area contributed by atoms with Crippen LogP contribution in [0.1, 0.15) is 15.9 Å². The number of carbonyl (C=O) groups is 2. The van der Waals surface area contributed by atoms with E-state index in [0.717, 1.165) is 10.0 Å². The number of carbonyl (C=O) groups excluding carboxylic acids is 2. The SMILES string of the molecule is COC(=O)c1ccc(OCC(=O)Nc2ccc(Br)cc2C)c(OC)c1. The Hall–Kier alpha value is -2.54. The normalized spacial score (nSPS) is 10.1. The Kier molecular flexibility index (Phi) is 6.41. The van der Waals surface area contributed by atoms with Gasteiger partial charge < -0.3 is 19.5 Å². The monoisotopic (exact) mass is 407 g/mol. The van der Waals surface area contributed by atoms with Crippen LogP contribution in [0.25, 0.3) is 0 Å².